The van der Waals surface area contributed by atoms with Gasteiger partial charge in [0.25, 0.3) is 5.54 Å². The Hall–Kier alpha value is -2.41. The number of carbonyl (C=O) groups excluding carboxylic acids is 3. The minimum atomic E-state index is -2.02. The van der Waals surface area contributed by atoms with Crippen molar-refractivity contribution >= 4 is 39.3 Å². The van der Waals surface area contributed by atoms with Crippen LogP contribution < -0.4 is 5.32 Å². The van der Waals surface area contributed by atoms with Gasteiger partial charge in [0.05, 0.1) is 13.2 Å². The van der Waals surface area contributed by atoms with E-state index in [-0.39, 0.29) is 13.2 Å². The molecule has 0 aliphatic rings. The van der Waals surface area contributed by atoms with Gasteiger partial charge in [-0.1, -0.05) is 18.2 Å². The summed E-state index contributed by atoms with van der Waals surface area (Å²) >= 11 is 1.37. The summed E-state index contributed by atoms with van der Waals surface area (Å²) in [6.45, 7) is 4.64. The average molecular weight is 349 g/mol. The first kappa shape index (κ1) is 17.9. The third-order valence-corrected chi connectivity index (χ3v) is 4.38. The number of thiophene rings is 1. The lowest BCUT2D eigenvalue weighted by atomic mass is 9.89. The zero-order chi connectivity index (χ0) is 17.7. The molecule has 0 aliphatic carbocycles. The largest absolute Gasteiger partial charge is 0.464 e. The van der Waals surface area contributed by atoms with Crippen LogP contribution in [0, 0.1) is 0 Å². The lowest BCUT2D eigenvalue weighted by Gasteiger charge is -2.29. The Morgan fingerprint density at radius 1 is 1.08 bits per heavy atom. The summed E-state index contributed by atoms with van der Waals surface area (Å²) in [4.78, 5) is 37.2. The lowest BCUT2D eigenvalue weighted by Crippen LogP contribution is -2.58. The number of esters is 2. The molecule has 1 aromatic heterocycles. The molecular formula is C17H19NO5S. The Bertz CT molecular complexity index is 749. The number of ether oxygens (including phenoxy) is 2. The molecule has 6 nitrogen and oxygen atoms in total. The molecule has 2 rings (SSSR count). The van der Waals surface area contributed by atoms with Crippen LogP contribution in [0.3, 0.4) is 0 Å². The zero-order valence-corrected chi connectivity index (χ0v) is 14.6. The smallest absolute Gasteiger partial charge is 0.348 e. The van der Waals surface area contributed by atoms with Crippen LogP contribution in [0.1, 0.15) is 26.3 Å². The highest BCUT2D eigenvalue weighted by Crippen LogP contribution is 2.35. The fourth-order valence-electron chi connectivity index (χ4n) is 2.48. The highest BCUT2D eigenvalue weighted by Gasteiger charge is 2.53. The molecule has 0 spiro atoms. The van der Waals surface area contributed by atoms with Crippen molar-refractivity contribution in [3.63, 3.8) is 0 Å². The Kier molecular flexibility index (Phi) is 5.56. The molecule has 0 atom stereocenters. The van der Waals surface area contributed by atoms with E-state index in [1.54, 1.807) is 31.4 Å². The summed E-state index contributed by atoms with van der Waals surface area (Å²) in [5.74, 6) is -2.25. The van der Waals surface area contributed by atoms with Crippen LogP contribution in [0.25, 0.3) is 10.1 Å². The Morgan fingerprint density at radius 2 is 1.67 bits per heavy atom. The Morgan fingerprint density at radius 3 is 2.21 bits per heavy atom. The minimum Gasteiger partial charge on any atom is -0.464 e. The van der Waals surface area contributed by atoms with E-state index in [1.165, 1.54) is 18.3 Å². The first-order valence-corrected chi connectivity index (χ1v) is 8.45. The predicted molar refractivity (Wildman–Crippen MR) is 90.6 cm³/mol. The first-order valence-electron chi connectivity index (χ1n) is 7.57. The number of nitrogens with one attached hydrogen (secondary N) is 1. The molecule has 24 heavy (non-hydrogen) atoms. The van der Waals surface area contributed by atoms with Gasteiger partial charge in [-0.2, -0.15) is 0 Å². The van der Waals surface area contributed by atoms with E-state index in [1.807, 2.05) is 12.1 Å². The Balaban J connectivity index is 2.73. The van der Waals surface area contributed by atoms with Crippen molar-refractivity contribution in [2.45, 2.75) is 26.3 Å². The van der Waals surface area contributed by atoms with Crippen LogP contribution in [0.5, 0.6) is 0 Å². The fraction of sp³-hybridized carbons (Fsp3) is 0.353. The first-order chi connectivity index (χ1) is 11.5. The van der Waals surface area contributed by atoms with Gasteiger partial charge in [0.1, 0.15) is 0 Å². The normalized spacial score (nSPS) is 11.1. The predicted octanol–water partition coefficient (Wildman–Crippen LogP) is 2.36. The SMILES string of the molecule is CCOC(=O)C(NC(C)=O)(C(=O)OCC)c1csc2ccccc12. The Labute approximate surface area is 143 Å². The van der Waals surface area contributed by atoms with E-state index in [4.69, 9.17) is 9.47 Å². The van der Waals surface area contributed by atoms with Crippen molar-refractivity contribution in [1.29, 1.82) is 0 Å². The third kappa shape index (κ3) is 3.12. The van der Waals surface area contributed by atoms with E-state index < -0.39 is 23.4 Å². The van der Waals surface area contributed by atoms with Crippen molar-refractivity contribution in [3.8, 4) is 0 Å². The van der Waals surface area contributed by atoms with Gasteiger partial charge in [-0.3, -0.25) is 4.79 Å². The molecule has 0 fully saturated rings. The van der Waals surface area contributed by atoms with E-state index in [9.17, 15) is 14.4 Å². The van der Waals surface area contributed by atoms with E-state index in [2.05, 4.69) is 5.32 Å². The van der Waals surface area contributed by atoms with Gasteiger partial charge in [-0.25, -0.2) is 9.59 Å². The molecule has 7 heteroatoms. The van der Waals surface area contributed by atoms with Crippen molar-refractivity contribution in [2.75, 3.05) is 13.2 Å². The van der Waals surface area contributed by atoms with E-state index in [0.717, 1.165) is 4.70 Å². The van der Waals surface area contributed by atoms with Gasteiger partial charge >= 0.3 is 11.9 Å². The van der Waals surface area contributed by atoms with Crippen molar-refractivity contribution in [2.24, 2.45) is 0 Å². The van der Waals surface area contributed by atoms with Crippen LogP contribution >= 0.6 is 11.3 Å². The topological polar surface area (TPSA) is 81.7 Å². The lowest BCUT2D eigenvalue weighted by molar-refractivity contribution is -0.168. The second kappa shape index (κ2) is 7.44. The third-order valence-electron chi connectivity index (χ3n) is 3.41. The molecule has 0 unspecified atom stereocenters. The van der Waals surface area contributed by atoms with Crippen LogP contribution in [0.15, 0.2) is 29.6 Å². The van der Waals surface area contributed by atoms with Gasteiger partial charge in [0.15, 0.2) is 0 Å². The fourth-order valence-corrected chi connectivity index (χ4v) is 3.49. The van der Waals surface area contributed by atoms with Crippen LogP contribution in [0.2, 0.25) is 0 Å². The van der Waals surface area contributed by atoms with Crippen molar-refractivity contribution < 1.29 is 23.9 Å². The second-order valence-electron chi connectivity index (χ2n) is 5.02. The van der Waals surface area contributed by atoms with Crippen molar-refractivity contribution in [3.05, 3.63) is 35.2 Å². The minimum absolute atomic E-state index is 0.0711. The molecular weight excluding hydrogens is 330 g/mol. The van der Waals surface area contributed by atoms with Gasteiger partial charge < -0.3 is 14.8 Å². The maximum absolute atomic E-state index is 12.7. The number of rotatable bonds is 6. The summed E-state index contributed by atoms with van der Waals surface area (Å²) in [5.41, 5.74) is -1.66. The van der Waals surface area contributed by atoms with E-state index in [0.29, 0.717) is 10.9 Å². The summed E-state index contributed by atoms with van der Waals surface area (Å²) in [6.07, 6.45) is 0. The maximum Gasteiger partial charge on any atom is 0.348 e. The summed E-state index contributed by atoms with van der Waals surface area (Å²) < 4.78 is 11.1. The number of benzene rings is 1. The summed E-state index contributed by atoms with van der Waals surface area (Å²) in [5, 5.41) is 4.84. The monoisotopic (exact) mass is 349 g/mol. The second-order valence-corrected chi connectivity index (χ2v) is 5.93. The summed E-state index contributed by atoms with van der Waals surface area (Å²) in [7, 11) is 0. The molecule has 0 bridgehead atoms. The highest BCUT2D eigenvalue weighted by molar-refractivity contribution is 7.17. The molecule has 0 aliphatic heterocycles. The molecule has 0 saturated heterocycles. The summed E-state index contributed by atoms with van der Waals surface area (Å²) in [6, 6.07) is 7.32. The number of amides is 1. The average Bonchev–Trinajstić information content (AvgIpc) is 2.97. The zero-order valence-electron chi connectivity index (χ0n) is 13.8. The molecule has 1 heterocycles. The molecule has 0 radical (unpaired) electrons. The van der Waals surface area contributed by atoms with Crippen molar-refractivity contribution in [1.82, 2.24) is 5.32 Å². The number of hydrogen-bond acceptors (Lipinski definition) is 6. The molecule has 1 amide bonds. The molecule has 1 aromatic carbocycles. The number of hydrogen-bond donors (Lipinski definition) is 1. The van der Waals surface area contributed by atoms with Gasteiger partial charge in [0.2, 0.25) is 5.91 Å². The standard InChI is InChI=1S/C17H19NO5S/c1-4-22-15(20)17(18-11(3)19,16(21)23-5-2)13-10-24-14-9-7-6-8-12(13)14/h6-10H,4-5H2,1-3H3,(H,18,19). The van der Waals surface area contributed by atoms with Crippen LogP contribution in [0.4, 0.5) is 0 Å². The molecule has 128 valence electrons. The quantitative estimate of drug-likeness (QED) is 0.639. The van der Waals surface area contributed by atoms with Gasteiger partial charge in [-0.05, 0) is 30.7 Å². The molecule has 0 saturated carbocycles. The van der Waals surface area contributed by atoms with Crippen LogP contribution in [-0.4, -0.2) is 31.1 Å². The molecule has 2 aromatic rings. The number of fused-ring (bicyclic) bond motifs is 1. The molecule has 1 N–H and O–H groups in total. The van der Waals surface area contributed by atoms with Gasteiger partial charge in [0, 0.05) is 17.2 Å². The van der Waals surface area contributed by atoms with Crippen LogP contribution in [-0.2, 0) is 29.4 Å². The van der Waals surface area contributed by atoms with Gasteiger partial charge in [-0.15, -0.1) is 11.3 Å². The maximum atomic E-state index is 12.7. The number of carbonyl (C=O) groups is 3. The van der Waals surface area contributed by atoms with E-state index >= 15 is 0 Å². The highest BCUT2D eigenvalue weighted by atomic mass is 32.1.